The van der Waals surface area contributed by atoms with Crippen LogP contribution >= 0.6 is 15.9 Å². The van der Waals surface area contributed by atoms with Crippen molar-refractivity contribution in [1.29, 1.82) is 0 Å². The number of amides is 1. The van der Waals surface area contributed by atoms with E-state index in [1.807, 2.05) is 19.1 Å². The van der Waals surface area contributed by atoms with E-state index in [4.69, 9.17) is 0 Å². The van der Waals surface area contributed by atoms with Crippen LogP contribution in [0.25, 0.3) is 16.7 Å². The molecule has 1 aromatic carbocycles. The number of anilines is 1. The fourth-order valence-corrected chi connectivity index (χ4v) is 5.59. The molecule has 11 heteroatoms. The van der Waals surface area contributed by atoms with Crippen molar-refractivity contribution in [1.82, 2.24) is 24.6 Å². The van der Waals surface area contributed by atoms with E-state index in [2.05, 4.69) is 36.1 Å². The zero-order chi connectivity index (χ0) is 24.5. The molecule has 4 heterocycles. The van der Waals surface area contributed by atoms with Gasteiger partial charge in [-0.25, -0.2) is 13.8 Å². The number of alkyl halides is 2. The van der Waals surface area contributed by atoms with Crippen LogP contribution < -0.4 is 10.5 Å². The Labute approximate surface area is 206 Å². The molecule has 0 bridgehead atoms. The summed E-state index contributed by atoms with van der Waals surface area (Å²) in [6.45, 7) is 2.35. The number of hydrogen-bond donors (Lipinski definition) is 1. The molecule has 0 spiro atoms. The van der Waals surface area contributed by atoms with Crippen molar-refractivity contribution < 1.29 is 13.6 Å². The molecule has 6 rings (SSSR count). The third-order valence-corrected chi connectivity index (χ3v) is 7.48. The van der Waals surface area contributed by atoms with Gasteiger partial charge in [0.1, 0.15) is 11.6 Å². The second-order valence-electron chi connectivity index (χ2n) is 9.33. The molecule has 1 aliphatic heterocycles. The van der Waals surface area contributed by atoms with Crippen LogP contribution in [0, 0.1) is 6.92 Å². The molecule has 35 heavy (non-hydrogen) atoms. The van der Waals surface area contributed by atoms with Crippen LogP contribution in [0.2, 0.25) is 0 Å². The van der Waals surface area contributed by atoms with E-state index < -0.39 is 11.5 Å². The van der Waals surface area contributed by atoms with Gasteiger partial charge in [-0.3, -0.25) is 18.9 Å². The number of aryl methyl sites for hydroxylation is 1. The van der Waals surface area contributed by atoms with Crippen molar-refractivity contribution in [2.75, 3.05) is 11.4 Å². The average molecular weight is 543 g/mol. The van der Waals surface area contributed by atoms with Crippen molar-refractivity contribution >= 4 is 44.3 Å². The predicted octanol–water partition coefficient (Wildman–Crippen LogP) is 4.53. The minimum atomic E-state index is -2.67. The topological polar surface area (TPSA) is 96.2 Å². The first-order chi connectivity index (χ1) is 16.7. The number of rotatable bonds is 2. The van der Waals surface area contributed by atoms with Crippen LogP contribution in [0.15, 0.2) is 33.7 Å². The lowest BCUT2D eigenvalue weighted by atomic mass is 9.86. The Kier molecular flexibility index (Phi) is 5.03. The maximum absolute atomic E-state index is 13.7. The second kappa shape index (κ2) is 7.91. The lowest BCUT2D eigenvalue weighted by Crippen LogP contribution is -2.30. The average Bonchev–Trinajstić information content (AvgIpc) is 3.44. The first-order valence-electron chi connectivity index (χ1n) is 11.5. The number of carbonyl (C=O) groups excluding carboxylic acids is 1. The normalized spacial score (nSPS) is 17.9. The summed E-state index contributed by atoms with van der Waals surface area (Å²) in [7, 11) is 0. The number of fused-ring (bicyclic) bond motifs is 4. The third kappa shape index (κ3) is 3.64. The van der Waals surface area contributed by atoms with Crippen LogP contribution in [0.1, 0.15) is 58.9 Å². The van der Waals surface area contributed by atoms with Gasteiger partial charge >= 0.3 is 0 Å². The van der Waals surface area contributed by atoms with Crippen molar-refractivity contribution in [2.45, 2.75) is 50.9 Å². The monoisotopic (exact) mass is 542 g/mol. The summed E-state index contributed by atoms with van der Waals surface area (Å²) < 4.78 is 30.0. The van der Waals surface area contributed by atoms with Crippen molar-refractivity contribution in [3.05, 3.63) is 61.7 Å². The molecule has 180 valence electrons. The zero-order valence-corrected chi connectivity index (χ0v) is 20.4. The van der Waals surface area contributed by atoms with Crippen LogP contribution in [-0.4, -0.2) is 42.9 Å². The van der Waals surface area contributed by atoms with E-state index in [-0.39, 0.29) is 43.2 Å². The van der Waals surface area contributed by atoms with Crippen molar-refractivity contribution in [2.24, 2.45) is 0 Å². The van der Waals surface area contributed by atoms with E-state index >= 15 is 0 Å². The van der Waals surface area contributed by atoms with Crippen LogP contribution in [0.3, 0.4) is 0 Å². The molecule has 1 aliphatic carbocycles. The molecule has 0 saturated heterocycles. The Morgan fingerprint density at radius 1 is 1.20 bits per heavy atom. The maximum Gasteiger partial charge on any atom is 0.294 e. The highest BCUT2D eigenvalue weighted by molar-refractivity contribution is 9.10. The molecular formula is C24H21BrF2N6O2. The van der Waals surface area contributed by atoms with E-state index in [1.165, 1.54) is 0 Å². The quantitative estimate of drug-likeness (QED) is 0.401. The smallest absolute Gasteiger partial charge is 0.294 e. The highest BCUT2D eigenvalue weighted by atomic mass is 79.9. The molecule has 1 amide bonds. The molecular weight excluding hydrogens is 522 g/mol. The number of halogens is 3. The van der Waals surface area contributed by atoms with Gasteiger partial charge in [0.25, 0.3) is 11.5 Å². The summed E-state index contributed by atoms with van der Waals surface area (Å²) in [5.74, 6) is -1.94. The summed E-state index contributed by atoms with van der Waals surface area (Å²) >= 11 is 3.42. The number of nitrogens with zero attached hydrogens (tertiary/aromatic N) is 5. The molecule has 1 fully saturated rings. The zero-order valence-electron chi connectivity index (χ0n) is 18.8. The maximum atomic E-state index is 13.7. The molecule has 4 aromatic rings. The molecule has 0 unspecified atom stereocenters. The molecule has 1 N–H and O–H groups in total. The lowest BCUT2D eigenvalue weighted by Gasteiger charge is -2.27. The van der Waals surface area contributed by atoms with Gasteiger partial charge in [0.05, 0.1) is 11.0 Å². The first kappa shape index (κ1) is 22.3. The summed E-state index contributed by atoms with van der Waals surface area (Å²) in [5.41, 5.74) is 2.93. The highest BCUT2D eigenvalue weighted by Gasteiger charge is 2.37. The van der Waals surface area contributed by atoms with E-state index in [0.717, 1.165) is 15.6 Å². The Bertz CT molecular complexity index is 1570. The van der Waals surface area contributed by atoms with Gasteiger partial charge in [0.15, 0.2) is 0 Å². The number of aromatic amines is 1. The van der Waals surface area contributed by atoms with Gasteiger partial charge in [-0.05, 0) is 71.4 Å². The second-order valence-corrected chi connectivity index (χ2v) is 10.2. The van der Waals surface area contributed by atoms with E-state index in [9.17, 15) is 18.4 Å². The highest BCUT2D eigenvalue weighted by Crippen LogP contribution is 2.40. The number of nitrogens with one attached hydrogen (secondary N) is 1. The van der Waals surface area contributed by atoms with Crippen LogP contribution in [-0.2, 0) is 6.42 Å². The summed E-state index contributed by atoms with van der Waals surface area (Å²) in [6, 6.07) is 5.46. The molecule has 1 saturated carbocycles. The van der Waals surface area contributed by atoms with Crippen molar-refractivity contribution in [3.8, 4) is 0 Å². The van der Waals surface area contributed by atoms with Gasteiger partial charge in [-0.1, -0.05) is 0 Å². The van der Waals surface area contributed by atoms with Gasteiger partial charge in [0.2, 0.25) is 11.6 Å². The van der Waals surface area contributed by atoms with E-state index in [0.29, 0.717) is 41.2 Å². The first-order valence-corrected chi connectivity index (χ1v) is 12.3. The summed E-state index contributed by atoms with van der Waals surface area (Å²) in [6.07, 6.45) is 2.49. The number of H-pyrrole nitrogens is 1. The Hall–Kier alpha value is -3.21. The largest absolute Gasteiger partial charge is 0.317 e. The molecule has 0 atom stereocenters. The van der Waals surface area contributed by atoms with Gasteiger partial charge in [-0.2, -0.15) is 0 Å². The third-order valence-electron chi connectivity index (χ3n) is 7.05. The number of carbonyl (C=O) groups is 1. The van der Waals surface area contributed by atoms with Gasteiger partial charge < -0.3 is 4.98 Å². The molecule has 2 aliphatic rings. The summed E-state index contributed by atoms with van der Waals surface area (Å²) in [5, 5.41) is 8.28. The Balaban J connectivity index is 1.44. The Morgan fingerprint density at radius 2 is 1.97 bits per heavy atom. The number of benzene rings is 1. The minimum Gasteiger partial charge on any atom is -0.317 e. The molecule has 3 aromatic heterocycles. The number of pyridine rings is 1. The fraction of sp³-hybridized carbons (Fsp3) is 0.375. The summed E-state index contributed by atoms with van der Waals surface area (Å²) in [4.78, 5) is 35.2. The fourth-order valence-electron chi connectivity index (χ4n) is 5.21. The predicted molar refractivity (Wildman–Crippen MR) is 129 cm³/mol. The van der Waals surface area contributed by atoms with Crippen LogP contribution in [0.5, 0.6) is 0 Å². The van der Waals surface area contributed by atoms with Crippen LogP contribution in [0.4, 0.5) is 14.6 Å². The number of aromatic nitrogens is 5. The molecule has 0 radical (unpaired) electrons. The van der Waals surface area contributed by atoms with Crippen molar-refractivity contribution in [3.63, 3.8) is 0 Å². The SMILES string of the molecule is Cc1cc2c(cc1C(=O)N1CCc3cc(Br)cnc31)[nH]c(=O)c1nnc(C3CCC(F)(F)CC3)n12. The minimum absolute atomic E-state index is 0.117. The lowest BCUT2D eigenvalue weighted by molar-refractivity contribution is -0.0388. The molecule has 8 nitrogen and oxygen atoms in total. The Morgan fingerprint density at radius 3 is 2.74 bits per heavy atom. The van der Waals surface area contributed by atoms with E-state index in [1.54, 1.807) is 21.6 Å². The standard InChI is InChI=1S/C24H21BrF2N6O2/c1-12-8-18-17(10-16(12)23(35)32-7-4-14-9-15(25)11-28-19(14)32)29-22(34)21-31-30-20(33(18)21)13-2-5-24(26,27)6-3-13/h8-11,13H,2-7H2,1H3,(H,29,34). The van der Waals surface area contributed by atoms with Gasteiger partial charge in [0, 0.05) is 41.5 Å². The van der Waals surface area contributed by atoms with Gasteiger partial charge in [-0.15, -0.1) is 10.2 Å². The number of hydrogen-bond acceptors (Lipinski definition) is 5.